The van der Waals surface area contributed by atoms with Crippen molar-refractivity contribution in [1.82, 2.24) is 0 Å². The lowest BCUT2D eigenvalue weighted by atomic mass is 10.2. The Balaban J connectivity index is 3.52. The van der Waals surface area contributed by atoms with Gasteiger partial charge in [0, 0.05) is 0 Å². The molecule has 0 rings (SSSR count). The molecule has 0 aromatic carbocycles. The summed E-state index contributed by atoms with van der Waals surface area (Å²) < 4.78 is 9.16. The molecule has 0 radical (unpaired) electrons. The Bertz CT molecular complexity index is 97.0. The standard InChI is InChI=1S/C7H14O3/c1-4-6(5-2)10-7(8)9-3/h6H,4-5H2,1-3H3. The molecule has 10 heavy (non-hydrogen) atoms. The van der Waals surface area contributed by atoms with Gasteiger partial charge in [-0.05, 0) is 12.8 Å². The number of carbonyl (C=O) groups excluding carboxylic acids is 1. The van der Waals surface area contributed by atoms with Crippen LogP contribution in [0.3, 0.4) is 0 Å². The van der Waals surface area contributed by atoms with Gasteiger partial charge >= 0.3 is 6.16 Å². The van der Waals surface area contributed by atoms with E-state index >= 15 is 0 Å². The van der Waals surface area contributed by atoms with E-state index in [2.05, 4.69) is 4.74 Å². The smallest absolute Gasteiger partial charge is 0.438 e. The van der Waals surface area contributed by atoms with Crippen molar-refractivity contribution < 1.29 is 14.3 Å². The van der Waals surface area contributed by atoms with E-state index in [0.29, 0.717) is 0 Å². The average molecular weight is 146 g/mol. The molecule has 0 heterocycles. The minimum atomic E-state index is -0.589. The molecule has 0 fully saturated rings. The molecule has 60 valence electrons. The van der Waals surface area contributed by atoms with Crippen LogP contribution in [0.5, 0.6) is 0 Å². The monoisotopic (exact) mass is 146 g/mol. The summed E-state index contributed by atoms with van der Waals surface area (Å²) in [7, 11) is 1.31. The van der Waals surface area contributed by atoms with E-state index < -0.39 is 6.16 Å². The van der Waals surface area contributed by atoms with Crippen LogP contribution in [0.4, 0.5) is 4.79 Å². The predicted octanol–water partition coefficient (Wildman–Crippen LogP) is 1.96. The summed E-state index contributed by atoms with van der Waals surface area (Å²) in [6.45, 7) is 3.94. The molecule has 0 atom stereocenters. The molecule has 3 heteroatoms. The number of carbonyl (C=O) groups is 1. The second kappa shape index (κ2) is 5.09. The molecule has 0 N–H and O–H groups in total. The summed E-state index contributed by atoms with van der Waals surface area (Å²) in [6.07, 6.45) is 1.10. The van der Waals surface area contributed by atoms with Gasteiger partial charge in [-0.25, -0.2) is 4.79 Å². The van der Waals surface area contributed by atoms with Crippen LogP contribution in [0.15, 0.2) is 0 Å². The number of rotatable bonds is 3. The normalized spacial score (nSPS) is 9.60. The maximum Gasteiger partial charge on any atom is 0.508 e. The molecule has 0 aromatic rings. The first-order valence-electron chi connectivity index (χ1n) is 3.49. The van der Waals surface area contributed by atoms with Crippen LogP contribution < -0.4 is 0 Å². The molecule has 0 aliphatic heterocycles. The van der Waals surface area contributed by atoms with E-state index in [1.165, 1.54) is 7.11 Å². The molecule has 0 amide bonds. The van der Waals surface area contributed by atoms with Crippen molar-refractivity contribution in [3.63, 3.8) is 0 Å². The predicted molar refractivity (Wildman–Crippen MR) is 37.9 cm³/mol. The highest BCUT2D eigenvalue weighted by atomic mass is 16.7. The maximum atomic E-state index is 10.5. The molecule has 0 spiro atoms. The van der Waals surface area contributed by atoms with Gasteiger partial charge in [0.25, 0.3) is 0 Å². The Morgan fingerprint density at radius 3 is 2.20 bits per heavy atom. The van der Waals surface area contributed by atoms with Crippen molar-refractivity contribution in [3.8, 4) is 0 Å². The van der Waals surface area contributed by atoms with Crippen LogP contribution in [0.1, 0.15) is 26.7 Å². The molecular weight excluding hydrogens is 132 g/mol. The van der Waals surface area contributed by atoms with E-state index in [1.807, 2.05) is 13.8 Å². The van der Waals surface area contributed by atoms with Crippen LogP contribution in [0.25, 0.3) is 0 Å². The highest BCUT2D eigenvalue weighted by Crippen LogP contribution is 2.03. The quantitative estimate of drug-likeness (QED) is 0.571. The second-order valence-corrected chi connectivity index (χ2v) is 2.01. The van der Waals surface area contributed by atoms with Gasteiger partial charge in [-0.3, -0.25) is 0 Å². The number of methoxy groups -OCH3 is 1. The van der Waals surface area contributed by atoms with E-state index in [9.17, 15) is 4.79 Å². The van der Waals surface area contributed by atoms with E-state index in [-0.39, 0.29) is 6.10 Å². The van der Waals surface area contributed by atoms with Crippen LogP contribution >= 0.6 is 0 Å². The number of hydrogen-bond donors (Lipinski definition) is 0. The van der Waals surface area contributed by atoms with Gasteiger partial charge in [-0.1, -0.05) is 13.8 Å². The van der Waals surface area contributed by atoms with Crippen LogP contribution in [0.2, 0.25) is 0 Å². The van der Waals surface area contributed by atoms with Crippen molar-refractivity contribution in [2.75, 3.05) is 7.11 Å². The van der Waals surface area contributed by atoms with Crippen LogP contribution in [-0.4, -0.2) is 19.4 Å². The zero-order valence-electron chi connectivity index (χ0n) is 6.72. The van der Waals surface area contributed by atoms with Crippen molar-refractivity contribution in [3.05, 3.63) is 0 Å². The molecule has 3 nitrogen and oxygen atoms in total. The van der Waals surface area contributed by atoms with Gasteiger partial charge in [0.05, 0.1) is 7.11 Å². The van der Waals surface area contributed by atoms with Crippen molar-refractivity contribution in [2.45, 2.75) is 32.8 Å². The molecule has 0 saturated carbocycles. The molecule has 0 bridgehead atoms. The highest BCUT2D eigenvalue weighted by molar-refractivity contribution is 5.59. The van der Waals surface area contributed by atoms with E-state index in [1.54, 1.807) is 0 Å². The van der Waals surface area contributed by atoms with Crippen molar-refractivity contribution >= 4 is 6.16 Å². The first-order valence-corrected chi connectivity index (χ1v) is 3.49. The summed E-state index contributed by atoms with van der Waals surface area (Å²) in [5, 5.41) is 0. The molecule has 0 unspecified atom stereocenters. The Kier molecular flexibility index (Phi) is 4.72. The maximum absolute atomic E-state index is 10.5. The first-order chi connectivity index (χ1) is 4.74. The summed E-state index contributed by atoms with van der Waals surface area (Å²) in [6, 6.07) is 0. The minimum absolute atomic E-state index is 0.00690. The SMILES string of the molecule is CCC(CC)OC(=O)OC. The zero-order valence-corrected chi connectivity index (χ0v) is 6.72. The fourth-order valence-corrected chi connectivity index (χ4v) is 0.640. The molecule has 0 aromatic heterocycles. The van der Waals surface area contributed by atoms with Crippen molar-refractivity contribution in [1.29, 1.82) is 0 Å². The molecule has 0 aliphatic carbocycles. The highest BCUT2D eigenvalue weighted by Gasteiger charge is 2.08. The third-order valence-corrected chi connectivity index (χ3v) is 1.34. The molecule has 0 aliphatic rings. The Hall–Kier alpha value is -0.730. The zero-order chi connectivity index (χ0) is 7.98. The van der Waals surface area contributed by atoms with E-state index in [0.717, 1.165) is 12.8 Å². The molecule has 0 saturated heterocycles. The fraction of sp³-hybridized carbons (Fsp3) is 0.857. The van der Waals surface area contributed by atoms with Gasteiger partial charge in [-0.2, -0.15) is 0 Å². The van der Waals surface area contributed by atoms with Gasteiger partial charge < -0.3 is 9.47 Å². The Labute approximate surface area is 61.3 Å². The van der Waals surface area contributed by atoms with Crippen LogP contribution in [0, 0.1) is 0 Å². The third kappa shape index (κ3) is 3.33. The molecular formula is C7H14O3. The first kappa shape index (κ1) is 9.27. The lowest BCUT2D eigenvalue weighted by Gasteiger charge is -2.11. The lowest BCUT2D eigenvalue weighted by molar-refractivity contribution is 0.0342. The number of hydrogen-bond acceptors (Lipinski definition) is 3. The number of ether oxygens (including phenoxy) is 2. The largest absolute Gasteiger partial charge is 0.508 e. The summed E-state index contributed by atoms with van der Waals surface area (Å²) in [5.41, 5.74) is 0. The van der Waals surface area contributed by atoms with Gasteiger partial charge in [0.2, 0.25) is 0 Å². The van der Waals surface area contributed by atoms with E-state index in [4.69, 9.17) is 4.74 Å². The fourth-order valence-electron chi connectivity index (χ4n) is 0.640. The van der Waals surface area contributed by atoms with Crippen LogP contribution in [-0.2, 0) is 9.47 Å². The summed E-state index contributed by atoms with van der Waals surface area (Å²) in [4.78, 5) is 10.5. The van der Waals surface area contributed by atoms with Gasteiger partial charge in [-0.15, -0.1) is 0 Å². The Morgan fingerprint density at radius 2 is 1.90 bits per heavy atom. The van der Waals surface area contributed by atoms with Crippen molar-refractivity contribution in [2.24, 2.45) is 0 Å². The second-order valence-electron chi connectivity index (χ2n) is 2.01. The summed E-state index contributed by atoms with van der Waals surface area (Å²) in [5.74, 6) is 0. The topological polar surface area (TPSA) is 35.5 Å². The summed E-state index contributed by atoms with van der Waals surface area (Å²) >= 11 is 0. The van der Waals surface area contributed by atoms with Gasteiger partial charge in [0.15, 0.2) is 0 Å². The average Bonchev–Trinajstić information content (AvgIpc) is 1.99. The third-order valence-electron chi connectivity index (χ3n) is 1.34. The van der Waals surface area contributed by atoms with Gasteiger partial charge in [0.1, 0.15) is 6.10 Å². The lowest BCUT2D eigenvalue weighted by Crippen LogP contribution is -2.15. The Morgan fingerprint density at radius 1 is 1.40 bits per heavy atom. The minimum Gasteiger partial charge on any atom is -0.438 e.